The number of aliphatic hydroxyl groups is 4. The first-order chi connectivity index (χ1) is 5.54. The van der Waals surface area contributed by atoms with Gasteiger partial charge in [-0.2, -0.15) is 0 Å². The zero-order valence-corrected chi connectivity index (χ0v) is 7.21. The lowest BCUT2D eigenvalue weighted by molar-refractivity contribution is -0.126. The first-order valence-corrected chi connectivity index (χ1v) is 3.72. The molecule has 0 aromatic heterocycles. The Morgan fingerprint density at radius 1 is 1.25 bits per heavy atom. The predicted molar refractivity (Wildman–Crippen MR) is 41.6 cm³/mol. The molecular weight excluding hydrogens is 164 g/mol. The highest BCUT2D eigenvalue weighted by atomic mass is 16.5. The summed E-state index contributed by atoms with van der Waals surface area (Å²) in [7, 11) is 1.29. The summed E-state index contributed by atoms with van der Waals surface area (Å²) >= 11 is 0. The van der Waals surface area contributed by atoms with Crippen LogP contribution in [0.1, 0.15) is 6.92 Å². The van der Waals surface area contributed by atoms with Gasteiger partial charge >= 0.3 is 0 Å². The molecule has 12 heavy (non-hydrogen) atoms. The Hall–Kier alpha value is -0.200. The number of aliphatic hydroxyl groups excluding tert-OH is 4. The van der Waals surface area contributed by atoms with E-state index in [0.717, 1.165) is 0 Å². The second kappa shape index (κ2) is 5.45. The van der Waals surface area contributed by atoms with E-state index in [2.05, 4.69) is 0 Å². The maximum atomic E-state index is 9.24. The van der Waals surface area contributed by atoms with Crippen molar-refractivity contribution in [2.75, 3.05) is 13.7 Å². The van der Waals surface area contributed by atoms with Crippen LogP contribution in [-0.2, 0) is 4.74 Å². The van der Waals surface area contributed by atoms with Gasteiger partial charge in [-0.25, -0.2) is 0 Å². The molecule has 0 aliphatic rings. The van der Waals surface area contributed by atoms with Crippen LogP contribution < -0.4 is 0 Å². The Bertz CT molecular complexity index is 116. The van der Waals surface area contributed by atoms with Crippen LogP contribution in [0.25, 0.3) is 0 Å². The van der Waals surface area contributed by atoms with Crippen LogP contribution in [0.3, 0.4) is 0 Å². The number of rotatable bonds is 5. The molecule has 0 saturated heterocycles. The fourth-order valence-corrected chi connectivity index (χ4v) is 0.903. The van der Waals surface area contributed by atoms with Crippen LogP contribution in [0.2, 0.25) is 0 Å². The van der Waals surface area contributed by atoms with Crippen LogP contribution in [-0.4, -0.2) is 58.6 Å². The number of methoxy groups -OCH3 is 1. The molecule has 0 fully saturated rings. The average Bonchev–Trinajstić information content (AvgIpc) is 2.05. The summed E-state index contributed by atoms with van der Waals surface area (Å²) in [6, 6.07) is 0. The monoisotopic (exact) mass is 180 g/mol. The molecule has 4 N–H and O–H groups in total. The van der Waals surface area contributed by atoms with Crippen molar-refractivity contribution in [2.45, 2.75) is 31.3 Å². The molecule has 74 valence electrons. The third-order valence-electron chi connectivity index (χ3n) is 1.67. The summed E-state index contributed by atoms with van der Waals surface area (Å²) in [6.45, 7) is 0.864. The molecule has 0 rings (SSSR count). The summed E-state index contributed by atoms with van der Waals surface area (Å²) in [5.41, 5.74) is 0. The molecule has 0 bridgehead atoms. The normalized spacial score (nSPS) is 21.5. The minimum atomic E-state index is -1.20. The summed E-state index contributed by atoms with van der Waals surface area (Å²) in [5, 5.41) is 35.8. The molecule has 0 amide bonds. The van der Waals surface area contributed by atoms with Gasteiger partial charge in [0, 0.05) is 7.11 Å². The van der Waals surface area contributed by atoms with Crippen LogP contribution in [0, 0.1) is 0 Å². The van der Waals surface area contributed by atoms with E-state index in [-0.39, 0.29) is 0 Å². The van der Waals surface area contributed by atoms with Gasteiger partial charge in [-0.1, -0.05) is 0 Å². The van der Waals surface area contributed by atoms with Crippen molar-refractivity contribution in [3.63, 3.8) is 0 Å². The SMILES string of the molecule is CO[C@H](C(O)CO)C(O)C(C)O. The van der Waals surface area contributed by atoms with Crippen molar-refractivity contribution in [1.29, 1.82) is 0 Å². The van der Waals surface area contributed by atoms with Gasteiger partial charge < -0.3 is 25.2 Å². The van der Waals surface area contributed by atoms with Crippen molar-refractivity contribution >= 4 is 0 Å². The van der Waals surface area contributed by atoms with Crippen molar-refractivity contribution in [1.82, 2.24) is 0 Å². The van der Waals surface area contributed by atoms with Gasteiger partial charge in [0.1, 0.15) is 18.3 Å². The largest absolute Gasteiger partial charge is 0.394 e. The zero-order chi connectivity index (χ0) is 9.72. The first kappa shape index (κ1) is 11.8. The average molecular weight is 180 g/mol. The van der Waals surface area contributed by atoms with E-state index in [1.54, 1.807) is 0 Å². The predicted octanol–water partition coefficient (Wildman–Crippen LogP) is -1.90. The van der Waals surface area contributed by atoms with E-state index in [0.29, 0.717) is 0 Å². The Morgan fingerprint density at radius 3 is 2.00 bits per heavy atom. The van der Waals surface area contributed by atoms with Gasteiger partial charge in [-0.3, -0.25) is 0 Å². The molecule has 0 aromatic rings. The fourth-order valence-electron chi connectivity index (χ4n) is 0.903. The van der Waals surface area contributed by atoms with E-state index < -0.39 is 31.0 Å². The van der Waals surface area contributed by atoms with E-state index in [1.807, 2.05) is 0 Å². The molecule has 0 aliphatic heterocycles. The maximum absolute atomic E-state index is 9.24. The van der Waals surface area contributed by atoms with Crippen LogP contribution in [0.15, 0.2) is 0 Å². The number of hydrogen-bond donors (Lipinski definition) is 4. The lowest BCUT2D eigenvalue weighted by Crippen LogP contribution is -2.46. The topological polar surface area (TPSA) is 90.2 Å². The minimum Gasteiger partial charge on any atom is -0.394 e. The summed E-state index contributed by atoms with van der Waals surface area (Å²) in [5.74, 6) is 0. The second-order valence-electron chi connectivity index (χ2n) is 2.68. The van der Waals surface area contributed by atoms with Gasteiger partial charge in [0.05, 0.1) is 12.7 Å². The van der Waals surface area contributed by atoms with Crippen LogP contribution in [0.5, 0.6) is 0 Å². The molecule has 4 atom stereocenters. The van der Waals surface area contributed by atoms with Gasteiger partial charge in [-0.15, -0.1) is 0 Å². The molecule has 0 saturated carbocycles. The van der Waals surface area contributed by atoms with Crippen LogP contribution in [0.4, 0.5) is 0 Å². The zero-order valence-electron chi connectivity index (χ0n) is 7.21. The third-order valence-corrected chi connectivity index (χ3v) is 1.67. The molecule has 0 radical (unpaired) electrons. The van der Waals surface area contributed by atoms with Gasteiger partial charge in [0.25, 0.3) is 0 Å². The Balaban J connectivity index is 4.13. The highest BCUT2D eigenvalue weighted by molar-refractivity contribution is 4.79. The summed E-state index contributed by atoms with van der Waals surface area (Å²) in [6.07, 6.45) is -4.34. The minimum absolute atomic E-state index is 0.512. The fraction of sp³-hybridized carbons (Fsp3) is 1.00. The quantitative estimate of drug-likeness (QED) is 0.396. The van der Waals surface area contributed by atoms with Crippen molar-refractivity contribution in [2.24, 2.45) is 0 Å². The van der Waals surface area contributed by atoms with E-state index in [4.69, 9.17) is 20.1 Å². The third kappa shape index (κ3) is 3.04. The number of hydrogen-bond acceptors (Lipinski definition) is 5. The molecule has 0 spiro atoms. The summed E-state index contributed by atoms with van der Waals surface area (Å²) < 4.78 is 4.71. The molecule has 0 heterocycles. The molecule has 5 nitrogen and oxygen atoms in total. The molecule has 5 heteroatoms. The second-order valence-corrected chi connectivity index (χ2v) is 2.68. The lowest BCUT2D eigenvalue weighted by atomic mass is 10.0. The van der Waals surface area contributed by atoms with Gasteiger partial charge in [0.15, 0.2) is 0 Å². The van der Waals surface area contributed by atoms with Gasteiger partial charge in [0.2, 0.25) is 0 Å². The molecule has 3 unspecified atom stereocenters. The van der Waals surface area contributed by atoms with E-state index in [1.165, 1.54) is 14.0 Å². The Morgan fingerprint density at radius 2 is 1.75 bits per heavy atom. The Labute approximate surface area is 71.2 Å². The molecule has 0 aliphatic carbocycles. The lowest BCUT2D eigenvalue weighted by Gasteiger charge is -2.26. The standard InChI is InChI=1S/C7H16O5/c1-4(9)6(11)7(12-2)5(10)3-8/h4-11H,3H2,1-2H3/t4?,5?,6?,7-/m1/s1. The van der Waals surface area contributed by atoms with Crippen molar-refractivity contribution < 1.29 is 25.2 Å². The van der Waals surface area contributed by atoms with Gasteiger partial charge in [-0.05, 0) is 6.92 Å². The van der Waals surface area contributed by atoms with Crippen LogP contribution >= 0.6 is 0 Å². The first-order valence-electron chi connectivity index (χ1n) is 3.72. The van der Waals surface area contributed by atoms with E-state index in [9.17, 15) is 5.11 Å². The smallest absolute Gasteiger partial charge is 0.114 e. The maximum Gasteiger partial charge on any atom is 0.114 e. The number of ether oxygens (including phenoxy) is 1. The highest BCUT2D eigenvalue weighted by Crippen LogP contribution is 2.07. The molecular formula is C7H16O5. The molecule has 0 aromatic carbocycles. The highest BCUT2D eigenvalue weighted by Gasteiger charge is 2.29. The van der Waals surface area contributed by atoms with E-state index >= 15 is 0 Å². The van der Waals surface area contributed by atoms with Crippen molar-refractivity contribution in [3.8, 4) is 0 Å². The van der Waals surface area contributed by atoms with Crippen molar-refractivity contribution in [3.05, 3.63) is 0 Å². The Kier molecular flexibility index (Phi) is 5.36. The summed E-state index contributed by atoms with van der Waals surface area (Å²) in [4.78, 5) is 0.